The van der Waals surface area contributed by atoms with Gasteiger partial charge in [-0.05, 0) is 31.0 Å². The lowest BCUT2D eigenvalue weighted by molar-refractivity contribution is 0.0909. The summed E-state index contributed by atoms with van der Waals surface area (Å²) in [5.74, 6) is 0.850. The van der Waals surface area contributed by atoms with Gasteiger partial charge in [-0.1, -0.05) is 32.0 Å². The summed E-state index contributed by atoms with van der Waals surface area (Å²) in [6.45, 7) is 4.43. The van der Waals surface area contributed by atoms with Gasteiger partial charge in [0, 0.05) is 18.2 Å². The number of carbonyl (C=O) groups excluding carboxylic acids is 1. The number of para-hydroxylation sites is 1. The fourth-order valence-electron chi connectivity index (χ4n) is 1.95. The number of hydrogen-bond acceptors (Lipinski definition) is 4. The molecule has 0 fully saturated rings. The summed E-state index contributed by atoms with van der Waals surface area (Å²) in [5, 5.41) is 2.81. The van der Waals surface area contributed by atoms with Gasteiger partial charge in [0.05, 0.1) is 0 Å². The van der Waals surface area contributed by atoms with Crippen LogP contribution in [0.3, 0.4) is 0 Å². The van der Waals surface area contributed by atoms with Crippen LogP contribution in [0.4, 0.5) is 0 Å². The Kier molecular flexibility index (Phi) is 7.13. The van der Waals surface area contributed by atoms with Gasteiger partial charge >= 0.3 is 0 Å². The van der Waals surface area contributed by atoms with Gasteiger partial charge in [-0.15, -0.1) is 12.4 Å². The summed E-state index contributed by atoms with van der Waals surface area (Å²) in [5.41, 5.74) is 5.78. The number of nitrogens with two attached hydrogens (primary N) is 1. The molecule has 0 atom stereocenters. The summed E-state index contributed by atoms with van der Waals surface area (Å²) >= 11 is 0. The first-order valence-electron chi connectivity index (χ1n) is 7.46. The first-order valence-corrected chi connectivity index (χ1v) is 7.46. The normalized spacial score (nSPS) is 10.7. The van der Waals surface area contributed by atoms with E-state index in [0.717, 1.165) is 12.8 Å². The van der Waals surface area contributed by atoms with Crippen LogP contribution in [0.25, 0.3) is 0 Å². The maximum absolute atomic E-state index is 12.1. The molecule has 23 heavy (non-hydrogen) atoms. The second-order valence-corrected chi connectivity index (χ2v) is 5.29. The molecule has 0 spiro atoms. The van der Waals surface area contributed by atoms with Crippen LogP contribution < -0.4 is 15.8 Å². The van der Waals surface area contributed by atoms with Crippen LogP contribution in [0.1, 0.15) is 37.2 Å². The molecule has 1 amide bonds. The lowest BCUT2D eigenvalue weighted by Crippen LogP contribution is -2.49. The van der Waals surface area contributed by atoms with Crippen molar-refractivity contribution in [2.24, 2.45) is 5.73 Å². The molecule has 0 aliphatic carbocycles. The number of hydrogen-bond donors (Lipinski definition) is 2. The maximum Gasteiger partial charge on any atom is 0.290 e. The molecule has 1 aromatic carbocycles. The van der Waals surface area contributed by atoms with Crippen molar-refractivity contribution in [3.05, 3.63) is 48.2 Å². The van der Waals surface area contributed by atoms with E-state index in [1.54, 1.807) is 12.1 Å². The van der Waals surface area contributed by atoms with Gasteiger partial charge in [-0.25, -0.2) is 0 Å². The fraction of sp³-hybridized carbons (Fsp3) is 0.353. The SMILES string of the molecule is CCC(N)(CC)CNC(=O)c1ccc(Oc2ccccc2)o1.Cl. The van der Waals surface area contributed by atoms with E-state index in [0.29, 0.717) is 12.3 Å². The van der Waals surface area contributed by atoms with E-state index in [9.17, 15) is 4.79 Å². The highest BCUT2D eigenvalue weighted by atomic mass is 35.5. The number of ether oxygens (including phenoxy) is 1. The number of rotatable bonds is 7. The number of halogens is 1. The molecular weight excluding hydrogens is 316 g/mol. The van der Waals surface area contributed by atoms with Crippen molar-refractivity contribution in [2.45, 2.75) is 32.2 Å². The first-order chi connectivity index (χ1) is 10.6. The zero-order chi connectivity index (χ0) is 16.0. The topological polar surface area (TPSA) is 77.5 Å². The van der Waals surface area contributed by atoms with Crippen LogP contribution in [0.15, 0.2) is 46.9 Å². The molecule has 0 aliphatic heterocycles. The Hall–Kier alpha value is -1.98. The van der Waals surface area contributed by atoms with Crippen LogP contribution in [0.2, 0.25) is 0 Å². The minimum Gasteiger partial charge on any atom is -0.426 e. The van der Waals surface area contributed by atoms with Gasteiger partial charge in [0.15, 0.2) is 5.76 Å². The fourth-order valence-corrected chi connectivity index (χ4v) is 1.95. The summed E-state index contributed by atoms with van der Waals surface area (Å²) in [6, 6.07) is 12.5. The first kappa shape index (κ1) is 19.1. The van der Waals surface area contributed by atoms with Gasteiger partial charge in [0.1, 0.15) is 5.75 Å². The van der Waals surface area contributed by atoms with Crippen LogP contribution >= 0.6 is 12.4 Å². The summed E-state index contributed by atoms with van der Waals surface area (Å²) in [4.78, 5) is 12.1. The van der Waals surface area contributed by atoms with E-state index in [1.807, 2.05) is 44.2 Å². The quantitative estimate of drug-likeness (QED) is 0.806. The Morgan fingerprint density at radius 3 is 2.43 bits per heavy atom. The lowest BCUT2D eigenvalue weighted by atomic mass is 9.94. The molecule has 0 bridgehead atoms. The van der Waals surface area contributed by atoms with Crippen molar-refractivity contribution in [1.29, 1.82) is 0 Å². The third kappa shape index (κ3) is 5.30. The Morgan fingerprint density at radius 2 is 1.83 bits per heavy atom. The minimum absolute atomic E-state index is 0. The van der Waals surface area contributed by atoms with Gasteiger partial charge < -0.3 is 20.2 Å². The van der Waals surface area contributed by atoms with Crippen LogP contribution in [-0.2, 0) is 0 Å². The molecule has 126 valence electrons. The maximum atomic E-state index is 12.1. The van der Waals surface area contributed by atoms with Crippen LogP contribution in [0, 0.1) is 0 Å². The molecule has 0 radical (unpaired) electrons. The zero-order valence-electron chi connectivity index (χ0n) is 13.4. The second kappa shape index (κ2) is 8.60. The number of amides is 1. The lowest BCUT2D eigenvalue weighted by Gasteiger charge is -2.26. The Labute approximate surface area is 142 Å². The second-order valence-electron chi connectivity index (χ2n) is 5.29. The third-order valence-electron chi connectivity index (χ3n) is 3.78. The summed E-state index contributed by atoms with van der Waals surface area (Å²) in [7, 11) is 0. The van der Waals surface area contributed by atoms with Crippen molar-refractivity contribution in [3.63, 3.8) is 0 Å². The zero-order valence-corrected chi connectivity index (χ0v) is 14.2. The molecule has 2 rings (SSSR count). The van der Waals surface area contributed by atoms with Gasteiger partial charge in [-0.3, -0.25) is 4.79 Å². The molecule has 0 unspecified atom stereocenters. The summed E-state index contributed by atoms with van der Waals surface area (Å²) < 4.78 is 10.9. The number of furan rings is 1. The van der Waals surface area contributed by atoms with E-state index in [4.69, 9.17) is 14.9 Å². The monoisotopic (exact) mass is 338 g/mol. The minimum atomic E-state index is -0.383. The van der Waals surface area contributed by atoms with Crippen molar-refractivity contribution < 1.29 is 13.9 Å². The van der Waals surface area contributed by atoms with E-state index >= 15 is 0 Å². The van der Waals surface area contributed by atoms with E-state index < -0.39 is 0 Å². The molecule has 2 aromatic rings. The molecule has 0 aliphatic rings. The largest absolute Gasteiger partial charge is 0.426 e. The molecule has 0 saturated heterocycles. The molecule has 1 heterocycles. The molecule has 6 heteroatoms. The molecule has 3 N–H and O–H groups in total. The van der Waals surface area contributed by atoms with Crippen molar-refractivity contribution >= 4 is 18.3 Å². The number of benzene rings is 1. The Bertz CT molecular complexity index is 609. The van der Waals surface area contributed by atoms with E-state index in [-0.39, 0.29) is 35.6 Å². The highest BCUT2D eigenvalue weighted by Gasteiger charge is 2.22. The molecular formula is C17H23ClN2O3. The van der Waals surface area contributed by atoms with E-state index in [2.05, 4.69) is 5.32 Å². The highest BCUT2D eigenvalue weighted by Crippen LogP contribution is 2.23. The van der Waals surface area contributed by atoms with Crippen molar-refractivity contribution in [3.8, 4) is 11.7 Å². The summed E-state index contributed by atoms with van der Waals surface area (Å²) in [6.07, 6.45) is 1.59. The van der Waals surface area contributed by atoms with Crippen molar-refractivity contribution in [1.82, 2.24) is 5.32 Å². The standard InChI is InChI=1S/C17H22N2O3.ClH/c1-3-17(18,4-2)12-19-16(20)14-10-11-15(22-14)21-13-8-6-5-7-9-13;/h5-11H,3-4,12,18H2,1-2H3,(H,19,20);1H. The van der Waals surface area contributed by atoms with Crippen LogP contribution in [-0.4, -0.2) is 18.0 Å². The average molecular weight is 339 g/mol. The van der Waals surface area contributed by atoms with Gasteiger partial charge in [0.2, 0.25) is 0 Å². The van der Waals surface area contributed by atoms with Gasteiger partial charge in [0.25, 0.3) is 11.9 Å². The number of nitrogens with one attached hydrogen (secondary N) is 1. The van der Waals surface area contributed by atoms with E-state index in [1.165, 1.54) is 0 Å². The molecule has 1 aromatic heterocycles. The molecule has 5 nitrogen and oxygen atoms in total. The predicted molar refractivity (Wildman–Crippen MR) is 92.3 cm³/mol. The van der Waals surface area contributed by atoms with Crippen molar-refractivity contribution in [2.75, 3.05) is 6.54 Å². The highest BCUT2D eigenvalue weighted by molar-refractivity contribution is 5.91. The van der Waals surface area contributed by atoms with Gasteiger partial charge in [-0.2, -0.15) is 0 Å². The average Bonchev–Trinajstić information content (AvgIpc) is 3.02. The number of carbonyl (C=O) groups is 1. The van der Waals surface area contributed by atoms with Crippen LogP contribution in [0.5, 0.6) is 11.7 Å². The predicted octanol–water partition coefficient (Wildman–Crippen LogP) is 3.74. The third-order valence-corrected chi connectivity index (χ3v) is 3.78. The Balaban J connectivity index is 0.00000264. The Morgan fingerprint density at radius 1 is 1.17 bits per heavy atom. The smallest absolute Gasteiger partial charge is 0.290 e. The molecule has 0 saturated carbocycles.